The van der Waals surface area contributed by atoms with E-state index in [4.69, 9.17) is 27.2 Å². The van der Waals surface area contributed by atoms with Crippen molar-refractivity contribution in [2.75, 3.05) is 12.3 Å². The number of anilines is 1. The Morgan fingerprint density at radius 3 is 2.89 bits per heavy atom. The van der Waals surface area contributed by atoms with E-state index in [-0.39, 0.29) is 23.0 Å². The summed E-state index contributed by atoms with van der Waals surface area (Å²) in [5, 5.41) is 18.8. The first-order valence-electron chi connectivity index (χ1n) is 5.13. The highest BCUT2D eigenvalue weighted by Gasteiger charge is 2.38. The number of aliphatic hydroxyl groups is 2. The fraction of sp³-hybridized carbons (Fsp3) is 0.400. The summed E-state index contributed by atoms with van der Waals surface area (Å²) in [6, 6.07) is 0. The lowest BCUT2D eigenvalue weighted by Crippen LogP contribution is -2.28. The fourth-order valence-electron chi connectivity index (χ4n) is 1.72. The number of halogens is 1. The first kappa shape index (κ1) is 13.0. The standard InChI is InChI=1S/C10H12ClN3O4/c1-4-7(16)6(3-15)18-9(4)14-2-5(11)8(12)13-10(14)17/h2,6-7,9,15-16H,1,3H2,(H2,12,13,17)/t6-,7+,9-/m1/s1. The minimum Gasteiger partial charge on any atom is -0.394 e. The summed E-state index contributed by atoms with van der Waals surface area (Å²) >= 11 is 5.77. The largest absolute Gasteiger partial charge is 0.394 e. The van der Waals surface area contributed by atoms with E-state index in [0.29, 0.717) is 0 Å². The lowest BCUT2D eigenvalue weighted by molar-refractivity contribution is -0.0447. The van der Waals surface area contributed by atoms with Crippen LogP contribution in [0, 0.1) is 0 Å². The Labute approximate surface area is 107 Å². The van der Waals surface area contributed by atoms with Crippen molar-refractivity contribution in [3.63, 3.8) is 0 Å². The minimum atomic E-state index is -1.05. The predicted molar refractivity (Wildman–Crippen MR) is 64.1 cm³/mol. The van der Waals surface area contributed by atoms with E-state index >= 15 is 0 Å². The highest BCUT2D eigenvalue weighted by Crippen LogP contribution is 2.32. The van der Waals surface area contributed by atoms with E-state index < -0.39 is 24.1 Å². The quantitative estimate of drug-likeness (QED) is 0.614. The molecule has 1 saturated heterocycles. The zero-order valence-electron chi connectivity index (χ0n) is 9.28. The third-order valence-corrected chi connectivity index (χ3v) is 3.01. The molecule has 0 saturated carbocycles. The van der Waals surface area contributed by atoms with Crippen LogP contribution in [0.3, 0.4) is 0 Å². The Bertz CT molecular complexity index is 544. The number of rotatable bonds is 2. The Balaban J connectivity index is 2.42. The fourth-order valence-corrected chi connectivity index (χ4v) is 1.87. The van der Waals surface area contributed by atoms with E-state index in [1.165, 1.54) is 6.20 Å². The Hall–Kier alpha value is -1.41. The summed E-state index contributed by atoms with van der Waals surface area (Å²) in [4.78, 5) is 15.2. The summed E-state index contributed by atoms with van der Waals surface area (Å²) in [6.07, 6.45) is -1.54. The van der Waals surface area contributed by atoms with Crippen LogP contribution >= 0.6 is 11.6 Å². The number of nitrogens with zero attached hydrogens (tertiary/aromatic N) is 2. The predicted octanol–water partition coefficient (Wildman–Crippen LogP) is -0.714. The summed E-state index contributed by atoms with van der Waals surface area (Å²) in [5.41, 5.74) is 4.97. The van der Waals surface area contributed by atoms with Gasteiger partial charge >= 0.3 is 5.69 Å². The van der Waals surface area contributed by atoms with Gasteiger partial charge in [0.05, 0.1) is 11.6 Å². The molecule has 0 amide bonds. The molecule has 0 spiro atoms. The van der Waals surface area contributed by atoms with Crippen LogP contribution in [0.25, 0.3) is 0 Å². The average Bonchev–Trinajstić information content (AvgIpc) is 2.61. The van der Waals surface area contributed by atoms with Gasteiger partial charge in [0.1, 0.15) is 18.0 Å². The lowest BCUT2D eigenvalue weighted by Gasteiger charge is -2.15. The summed E-state index contributed by atoms with van der Waals surface area (Å²) < 4.78 is 6.39. The third-order valence-electron chi connectivity index (χ3n) is 2.72. The molecule has 8 heteroatoms. The zero-order chi connectivity index (χ0) is 13.4. The molecule has 18 heavy (non-hydrogen) atoms. The maximum absolute atomic E-state index is 11.7. The molecule has 4 N–H and O–H groups in total. The maximum atomic E-state index is 11.7. The van der Waals surface area contributed by atoms with Crippen molar-refractivity contribution in [2.24, 2.45) is 0 Å². The Morgan fingerprint density at radius 1 is 1.67 bits per heavy atom. The molecule has 1 aromatic heterocycles. The third kappa shape index (κ3) is 2.01. The second-order valence-electron chi connectivity index (χ2n) is 3.89. The second kappa shape index (κ2) is 4.69. The molecule has 2 rings (SSSR count). The van der Waals surface area contributed by atoms with Gasteiger partial charge in [0.25, 0.3) is 0 Å². The number of nitrogens with two attached hydrogens (primary N) is 1. The summed E-state index contributed by atoms with van der Waals surface area (Å²) in [7, 11) is 0. The van der Waals surface area contributed by atoms with Gasteiger partial charge in [-0.1, -0.05) is 18.2 Å². The molecule has 0 unspecified atom stereocenters. The van der Waals surface area contributed by atoms with Gasteiger partial charge in [-0.25, -0.2) is 4.79 Å². The highest BCUT2D eigenvalue weighted by atomic mass is 35.5. The molecule has 1 aliphatic heterocycles. The van der Waals surface area contributed by atoms with Crippen LogP contribution in [-0.2, 0) is 4.74 Å². The molecule has 1 aromatic rings. The average molecular weight is 274 g/mol. The van der Waals surface area contributed by atoms with Gasteiger partial charge < -0.3 is 20.7 Å². The molecule has 7 nitrogen and oxygen atoms in total. The Morgan fingerprint density at radius 2 is 2.33 bits per heavy atom. The van der Waals surface area contributed by atoms with Gasteiger partial charge in [-0.15, -0.1) is 0 Å². The monoisotopic (exact) mass is 273 g/mol. The van der Waals surface area contributed by atoms with E-state index in [0.717, 1.165) is 4.57 Å². The van der Waals surface area contributed by atoms with E-state index in [1.54, 1.807) is 0 Å². The van der Waals surface area contributed by atoms with Crippen molar-refractivity contribution >= 4 is 17.4 Å². The minimum absolute atomic E-state index is 0.0826. The van der Waals surface area contributed by atoms with E-state index in [9.17, 15) is 9.90 Å². The molecule has 0 aliphatic carbocycles. The van der Waals surface area contributed by atoms with Crippen molar-refractivity contribution in [1.29, 1.82) is 0 Å². The summed E-state index contributed by atoms with van der Waals surface area (Å²) in [6.45, 7) is 3.25. The van der Waals surface area contributed by atoms with Crippen LogP contribution in [0.4, 0.5) is 5.82 Å². The van der Waals surface area contributed by atoms with Gasteiger partial charge in [0, 0.05) is 11.8 Å². The number of nitrogen functional groups attached to an aromatic ring is 1. The molecular weight excluding hydrogens is 262 g/mol. The number of aromatic nitrogens is 2. The number of hydrogen-bond acceptors (Lipinski definition) is 6. The molecule has 1 aliphatic rings. The Kier molecular flexibility index (Phi) is 3.40. The number of hydrogen-bond donors (Lipinski definition) is 3. The van der Waals surface area contributed by atoms with Crippen molar-refractivity contribution in [2.45, 2.75) is 18.4 Å². The van der Waals surface area contributed by atoms with Crippen LogP contribution in [0.1, 0.15) is 6.23 Å². The second-order valence-corrected chi connectivity index (χ2v) is 4.30. The van der Waals surface area contributed by atoms with E-state index in [1.807, 2.05) is 0 Å². The molecular formula is C10H12ClN3O4. The van der Waals surface area contributed by atoms with Crippen LogP contribution in [0.5, 0.6) is 0 Å². The zero-order valence-corrected chi connectivity index (χ0v) is 10.0. The van der Waals surface area contributed by atoms with Gasteiger partial charge in [0.2, 0.25) is 0 Å². The molecule has 0 bridgehead atoms. The van der Waals surface area contributed by atoms with Crippen molar-refractivity contribution in [3.8, 4) is 0 Å². The molecule has 3 atom stereocenters. The smallest absolute Gasteiger partial charge is 0.351 e. The molecule has 0 radical (unpaired) electrons. The lowest BCUT2D eigenvalue weighted by atomic mass is 10.1. The topological polar surface area (TPSA) is 111 Å². The van der Waals surface area contributed by atoms with Crippen molar-refractivity contribution < 1.29 is 14.9 Å². The SMILES string of the molecule is C=C1[C@H](n2cc(Cl)c(N)nc2=O)O[C@H](CO)[C@H]1O. The van der Waals surface area contributed by atoms with Crippen LogP contribution < -0.4 is 11.4 Å². The molecule has 98 valence electrons. The van der Waals surface area contributed by atoms with Crippen LogP contribution in [0.2, 0.25) is 5.02 Å². The first-order chi connectivity index (χ1) is 8.45. The molecule has 2 heterocycles. The van der Waals surface area contributed by atoms with Gasteiger partial charge in [-0.3, -0.25) is 4.57 Å². The van der Waals surface area contributed by atoms with Crippen LogP contribution in [-0.4, -0.2) is 38.6 Å². The van der Waals surface area contributed by atoms with Gasteiger partial charge in [-0.2, -0.15) is 4.98 Å². The molecule has 0 aromatic carbocycles. The van der Waals surface area contributed by atoms with Crippen molar-refractivity contribution in [1.82, 2.24) is 9.55 Å². The highest BCUT2D eigenvalue weighted by molar-refractivity contribution is 6.32. The first-order valence-corrected chi connectivity index (χ1v) is 5.50. The number of aliphatic hydroxyl groups excluding tert-OH is 2. The van der Waals surface area contributed by atoms with Gasteiger partial charge in [0.15, 0.2) is 6.23 Å². The summed E-state index contributed by atoms with van der Waals surface area (Å²) in [5.74, 6) is -0.0826. The normalized spacial score (nSPS) is 27.7. The van der Waals surface area contributed by atoms with Crippen molar-refractivity contribution in [3.05, 3.63) is 33.9 Å². The van der Waals surface area contributed by atoms with E-state index in [2.05, 4.69) is 11.6 Å². The van der Waals surface area contributed by atoms with Crippen LogP contribution in [0.15, 0.2) is 23.1 Å². The molecule has 1 fully saturated rings. The van der Waals surface area contributed by atoms with Gasteiger partial charge in [-0.05, 0) is 0 Å². The maximum Gasteiger partial charge on any atom is 0.351 e. The number of ether oxygens (including phenoxy) is 1.